The first kappa shape index (κ1) is 17.6. The summed E-state index contributed by atoms with van der Waals surface area (Å²) >= 11 is 6.37. The summed E-state index contributed by atoms with van der Waals surface area (Å²) in [5.41, 5.74) is 2.40. The Bertz CT molecular complexity index is 981. The van der Waals surface area contributed by atoms with Crippen molar-refractivity contribution in [1.82, 2.24) is 9.78 Å². The van der Waals surface area contributed by atoms with Gasteiger partial charge in [-0.2, -0.15) is 9.78 Å². The molecule has 1 aliphatic rings. The number of anilines is 1. The Morgan fingerprint density at radius 3 is 2.48 bits per heavy atom. The van der Waals surface area contributed by atoms with Crippen LogP contribution in [0.25, 0.3) is 5.69 Å². The van der Waals surface area contributed by atoms with Crippen molar-refractivity contribution in [2.75, 3.05) is 25.1 Å². The average molecular weight is 382 g/mol. The Hall–Kier alpha value is -2.79. The van der Waals surface area contributed by atoms with Gasteiger partial charge in [-0.3, -0.25) is 4.79 Å². The van der Waals surface area contributed by atoms with E-state index in [1.807, 2.05) is 42.5 Å². The molecule has 0 amide bonds. The number of para-hydroxylation sites is 1. The highest BCUT2D eigenvalue weighted by molar-refractivity contribution is 6.33. The van der Waals surface area contributed by atoms with Crippen LogP contribution >= 0.6 is 11.6 Å². The van der Waals surface area contributed by atoms with Gasteiger partial charge in [-0.15, -0.1) is 0 Å². The van der Waals surface area contributed by atoms with Crippen molar-refractivity contribution in [3.8, 4) is 11.4 Å². The Morgan fingerprint density at radius 1 is 1.11 bits per heavy atom. The predicted molar refractivity (Wildman–Crippen MR) is 107 cm³/mol. The van der Waals surface area contributed by atoms with Gasteiger partial charge in [0.15, 0.2) is 0 Å². The summed E-state index contributed by atoms with van der Waals surface area (Å²) in [7, 11) is 1.67. The molecule has 0 unspecified atom stereocenters. The predicted octanol–water partition coefficient (Wildman–Crippen LogP) is 3.57. The van der Waals surface area contributed by atoms with E-state index in [4.69, 9.17) is 16.3 Å². The van der Waals surface area contributed by atoms with Gasteiger partial charge in [0.2, 0.25) is 0 Å². The maximum Gasteiger partial charge on any atom is 0.292 e. The van der Waals surface area contributed by atoms with Crippen molar-refractivity contribution < 1.29 is 4.74 Å². The van der Waals surface area contributed by atoms with Crippen LogP contribution in [0.1, 0.15) is 5.56 Å². The summed E-state index contributed by atoms with van der Waals surface area (Å²) in [6.07, 6.45) is 2.67. The molecular formula is C21H20ClN3O2. The maximum absolute atomic E-state index is 12.6. The van der Waals surface area contributed by atoms with E-state index in [2.05, 4.69) is 22.1 Å². The van der Waals surface area contributed by atoms with E-state index in [-0.39, 0.29) is 10.6 Å². The highest BCUT2D eigenvalue weighted by Gasteiger charge is 2.29. The molecule has 3 aromatic rings. The zero-order valence-corrected chi connectivity index (χ0v) is 15.8. The van der Waals surface area contributed by atoms with Gasteiger partial charge in [0.25, 0.3) is 5.56 Å². The monoisotopic (exact) mass is 381 g/mol. The molecule has 1 aromatic heterocycles. The van der Waals surface area contributed by atoms with Crippen molar-refractivity contribution in [3.63, 3.8) is 0 Å². The molecule has 1 fully saturated rings. The van der Waals surface area contributed by atoms with Gasteiger partial charge in [0, 0.05) is 13.1 Å². The fraction of sp³-hybridized carbons (Fsp3) is 0.238. The molecule has 138 valence electrons. The number of ether oxygens (including phenoxy) is 1. The Labute approximate surface area is 162 Å². The van der Waals surface area contributed by atoms with E-state index in [1.165, 1.54) is 10.2 Å². The minimum atomic E-state index is -0.293. The number of aromatic nitrogens is 2. The number of hydrogen-bond acceptors (Lipinski definition) is 4. The minimum Gasteiger partial charge on any atom is -0.497 e. The normalized spacial score (nSPS) is 14.1. The van der Waals surface area contributed by atoms with Crippen LogP contribution in [-0.4, -0.2) is 30.0 Å². The number of rotatable bonds is 5. The molecular weight excluding hydrogens is 362 g/mol. The van der Waals surface area contributed by atoms with Crippen LogP contribution in [-0.2, 0) is 6.42 Å². The van der Waals surface area contributed by atoms with E-state index in [1.54, 1.807) is 13.3 Å². The smallest absolute Gasteiger partial charge is 0.292 e. The summed E-state index contributed by atoms with van der Waals surface area (Å²) in [4.78, 5) is 14.7. The lowest BCUT2D eigenvalue weighted by molar-refractivity contribution is 0.404. The van der Waals surface area contributed by atoms with Crippen molar-refractivity contribution in [1.29, 1.82) is 0 Å². The Morgan fingerprint density at radius 2 is 1.81 bits per heavy atom. The number of halogens is 1. The summed E-state index contributed by atoms with van der Waals surface area (Å²) in [6, 6.07) is 17.4. The van der Waals surface area contributed by atoms with Crippen molar-refractivity contribution >= 4 is 17.3 Å². The summed E-state index contributed by atoms with van der Waals surface area (Å²) in [6.45, 7) is 1.73. The van der Waals surface area contributed by atoms with Gasteiger partial charge in [0.1, 0.15) is 10.8 Å². The molecule has 1 saturated heterocycles. The van der Waals surface area contributed by atoms with E-state index in [0.717, 1.165) is 25.3 Å². The average Bonchev–Trinajstić information content (AvgIpc) is 2.68. The fourth-order valence-corrected chi connectivity index (χ4v) is 3.64. The maximum atomic E-state index is 12.6. The van der Waals surface area contributed by atoms with Crippen molar-refractivity contribution in [3.05, 3.63) is 81.7 Å². The van der Waals surface area contributed by atoms with Gasteiger partial charge in [-0.1, -0.05) is 41.9 Å². The van der Waals surface area contributed by atoms with Crippen LogP contribution in [0, 0.1) is 5.92 Å². The molecule has 1 aliphatic heterocycles. The molecule has 0 radical (unpaired) electrons. The van der Waals surface area contributed by atoms with Gasteiger partial charge in [-0.25, -0.2) is 0 Å². The van der Waals surface area contributed by atoms with E-state index < -0.39 is 0 Å². The first-order valence-corrected chi connectivity index (χ1v) is 9.24. The molecule has 27 heavy (non-hydrogen) atoms. The van der Waals surface area contributed by atoms with Crippen LogP contribution in [0.4, 0.5) is 5.69 Å². The van der Waals surface area contributed by atoms with Crippen molar-refractivity contribution in [2.24, 2.45) is 5.92 Å². The number of nitrogens with zero attached hydrogens (tertiary/aromatic N) is 3. The molecule has 5 nitrogen and oxygen atoms in total. The lowest BCUT2D eigenvalue weighted by Gasteiger charge is -2.41. The third-order valence-corrected chi connectivity index (χ3v) is 5.24. The lowest BCUT2D eigenvalue weighted by Crippen LogP contribution is -2.48. The number of hydrogen-bond donors (Lipinski definition) is 0. The van der Waals surface area contributed by atoms with Crippen LogP contribution < -0.4 is 15.2 Å². The van der Waals surface area contributed by atoms with Gasteiger partial charge in [0.05, 0.1) is 24.7 Å². The Balaban J connectivity index is 1.45. The summed E-state index contributed by atoms with van der Waals surface area (Å²) in [5, 5.41) is 4.52. The molecule has 0 atom stereocenters. The molecule has 0 bridgehead atoms. The van der Waals surface area contributed by atoms with E-state index >= 15 is 0 Å². The topological polar surface area (TPSA) is 47.4 Å². The van der Waals surface area contributed by atoms with Gasteiger partial charge < -0.3 is 9.64 Å². The molecule has 0 saturated carbocycles. The lowest BCUT2D eigenvalue weighted by atomic mass is 9.92. The molecule has 2 aromatic carbocycles. The second-order valence-electron chi connectivity index (χ2n) is 6.72. The molecule has 2 heterocycles. The highest BCUT2D eigenvalue weighted by Crippen LogP contribution is 2.30. The van der Waals surface area contributed by atoms with Crippen LogP contribution in [0.5, 0.6) is 5.75 Å². The highest BCUT2D eigenvalue weighted by atomic mass is 35.5. The quantitative estimate of drug-likeness (QED) is 0.677. The third-order valence-electron chi connectivity index (χ3n) is 4.88. The first-order valence-electron chi connectivity index (χ1n) is 8.87. The molecule has 0 N–H and O–H groups in total. The second kappa shape index (κ2) is 7.45. The van der Waals surface area contributed by atoms with E-state index in [9.17, 15) is 4.79 Å². The van der Waals surface area contributed by atoms with Gasteiger partial charge >= 0.3 is 0 Å². The third kappa shape index (κ3) is 3.55. The molecule has 0 aliphatic carbocycles. The van der Waals surface area contributed by atoms with Crippen LogP contribution in [0.2, 0.25) is 5.02 Å². The zero-order chi connectivity index (χ0) is 18.8. The van der Waals surface area contributed by atoms with E-state index in [0.29, 0.717) is 17.3 Å². The minimum absolute atomic E-state index is 0.219. The largest absolute Gasteiger partial charge is 0.497 e. The van der Waals surface area contributed by atoms with Crippen molar-refractivity contribution in [2.45, 2.75) is 6.42 Å². The first-order chi connectivity index (χ1) is 13.2. The standard InChI is InChI=1S/C21H20ClN3O2/c1-27-18-9-7-15(8-10-18)11-16-13-24(14-16)19-12-23-25(21(26)20(19)22)17-5-3-2-4-6-17/h2-10,12,16H,11,13-14H2,1H3. The zero-order valence-electron chi connectivity index (χ0n) is 15.0. The van der Waals surface area contributed by atoms with Gasteiger partial charge in [-0.05, 0) is 42.2 Å². The molecule has 0 spiro atoms. The number of methoxy groups -OCH3 is 1. The molecule has 4 rings (SSSR count). The number of benzene rings is 2. The molecule has 6 heteroatoms. The second-order valence-corrected chi connectivity index (χ2v) is 7.10. The summed E-state index contributed by atoms with van der Waals surface area (Å²) in [5.74, 6) is 1.40. The fourth-order valence-electron chi connectivity index (χ4n) is 3.39. The SMILES string of the molecule is COc1ccc(CC2CN(c3cnn(-c4ccccc4)c(=O)c3Cl)C2)cc1. The summed E-state index contributed by atoms with van der Waals surface area (Å²) < 4.78 is 6.53. The van der Waals surface area contributed by atoms with Crippen LogP contribution in [0.3, 0.4) is 0 Å². The van der Waals surface area contributed by atoms with Crippen LogP contribution in [0.15, 0.2) is 65.6 Å². The Kier molecular flexibility index (Phi) is 4.86.